The first-order valence-corrected chi connectivity index (χ1v) is 5.88. The Morgan fingerprint density at radius 1 is 1.26 bits per heavy atom. The van der Waals surface area contributed by atoms with Gasteiger partial charge in [-0.3, -0.25) is 4.57 Å². The molecule has 0 saturated carbocycles. The van der Waals surface area contributed by atoms with Gasteiger partial charge in [0.15, 0.2) is 11.2 Å². The fourth-order valence-corrected chi connectivity index (χ4v) is 2.13. The van der Waals surface area contributed by atoms with Gasteiger partial charge in [-0.1, -0.05) is 23.7 Å². The van der Waals surface area contributed by atoms with E-state index in [0.29, 0.717) is 27.8 Å². The Labute approximate surface area is 113 Å². The summed E-state index contributed by atoms with van der Waals surface area (Å²) in [5.41, 5.74) is 7.72. The number of anilines is 1. The fourth-order valence-electron chi connectivity index (χ4n) is 1.91. The number of fused-ring (bicyclic) bond motifs is 1. The van der Waals surface area contributed by atoms with Gasteiger partial charge < -0.3 is 10.5 Å². The van der Waals surface area contributed by atoms with Crippen LogP contribution in [0.25, 0.3) is 16.9 Å². The van der Waals surface area contributed by atoms with Crippen LogP contribution in [0, 0.1) is 0 Å². The lowest BCUT2D eigenvalue weighted by Crippen LogP contribution is -2.02. The van der Waals surface area contributed by atoms with Crippen LogP contribution >= 0.6 is 11.6 Å². The van der Waals surface area contributed by atoms with Gasteiger partial charge in [0.25, 0.3) is 0 Å². The molecule has 3 aromatic rings. The standard InChI is InChI=1S/C12H10ClN5O/c1-19-11-9-10(15-6-16-11)18(12(14)17-9)8-5-3-2-4-7(8)13/h2-6H,1H3,(H2,14,17). The molecule has 0 amide bonds. The summed E-state index contributed by atoms with van der Waals surface area (Å²) < 4.78 is 6.81. The number of hydrogen-bond donors (Lipinski definition) is 1. The zero-order chi connectivity index (χ0) is 13.4. The van der Waals surface area contributed by atoms with Crippen LogP contribution < -0.4 is 10.5 Å². The van der Waals surface area contributed by atoms with Gasteiger partial charge in [0.2, 0.25) is 11.8 Å². The lowest BCUT2D eigenvalue weighted by Gasteiger charge is -2.07. The quantitative estimate of drug-likeness (QED) is 0.774. The molecule has 0 fully saturated rings. The predicted molar refractivity (Wildman–Crippen MR) is 72.6 cm³/mol. The van der Waals surface area contributed by atoms with Gasteiger partial charge in [0.1, 0.15) is 6.33 Å². The van der Waals surface area contributed by atoms with Crippen LogP contribution in [0.1, 0.15) is 0 Å². The maximum absolute atomic E-state index is 6.18. The highest BCUT2D eigenvalue weighted by Gasteiger charge is 2.17. The first-order valence-electron chi connectivity index (χ1n) is 5.50. The highest BCUT2D eigenvalue weighted by atomic mass is 35.5. The van der Waals surface area contributed by atoms with Crippen molar-refractivity contribution in [2.24, 2.45) is 0 Å². The van der Waals surface area contributed by atoms with Crippen molar-refractivity contribution in [1.82, 2.24) is 19.5 Å². The number of rotatable bonds is 2. The van der Waals surface area contributed by atoms with E-state index in [1.807, 2.05) is 18.2 Å². The summed E-state index contributed by atoms with van der Waals surface area (Å²) in [5.74, 6) is 0.657. The first kappa shape index (κ1) is 11.7. The number of hydrogen-bond acceptors (Lipinski definition) is 5. The summed E-state index contributed by atoms with van der Waals surface area (Å²) in [6.07, 6.45) is 1.40. The second kappa shape index (κ2) is 4.40. The summed E-state index contributed by atoms with van der Waals surface area (Å²) in [7, 11) is 1.52. The van der Waals surface area contributed by atoms with Crippen molar-refractivity contribution in [2.45, 2.75) is 0 Å². The molecule has 0 aliphatic heterocycles. The van der Waals surface area contributed by atoms with Crippen LogP contribution in [0.5, 0.6) is 5.88 Å². The Kier molecular flexibility index (Phi) is 2.72. The molecule has 2 heterocycles. The van der Waals surface area contributed by atoms with Crippen molar-refractivity contribution in [3.8, 4) is 11.6 Å². The molecule has 0 aliphatic rings. The second-order valence-electron chi connectivity index (χ2n) is 3.81. The van der Waals surface area contributed by atoms with Crippen molar-refractivity contribution in [2.75, 3.05) is 12.8 Å². The maximum atomic E-state index is 6.18. The summed E-state index contributed by atoms with van der Waals surface area (Å²) in [4.78, 5) is 12.4. The topological polar surface area (TPSA) is 78.8 Å². The lowest BCUT2D eigenvalue weighted by atomic mass is 10.3. The molecule has 96 valence electrons. The van der Waals surface area contributed by atoms with Crippen LogP contribution in [0.2, 0.25) is 5.02 Å². The summed E-state index contributed by atoms with van der Waals surface area (Å²) in [6, 6.07) is 7.33. The monoisotopic (exact) mass is 275 g/mol. The minimum absolute atomic E-state index is 0.280. The zero-order valence-corrected chi connectivity index (χ0v) is 10.8. The van der Waals surface area contributed by atoms with Crippen LogP contribution in [0.3, 0.4) is 0 Å². The number of halogens is 1. The first-order chi connectivity index (χ1) is 9.22. The van der Waals surface area contributed by atoms with E-state index in [1.165, 1.54) is 13.4 Å². The molecule has 0 spiro atoms. The molecule has 3 rings (SSSR count). The van der Waals surface area contributed by atoms with Gasteiger partial charge in [-0.05, 0) is 12.1 Å². The highest BCUT2D eigenvalue weighted by Crippen LogP contribution is 2.29. The number of aromatic nitrogens is 4. The Morgan fingerprint density at radius 3 is 2.79 bits per heavy atom. The molecule has 1 aromatic carbocycles. The summed E-state index contributed by atoms with van der Waals surface area (Å²) in [6.45, 7) is 0. The molecule has 2 aromatic heterocycles. The molecule has 0 aliphatic carbocycles. The molecule has 0 saturated heterocycles. The predicted octanol–water partition coefficient (Wildman–Crippen LogP) is 2.06. The molecule has 0 unspecified atom stereocenters. The van der Waals surface area contributed by atoms with Crippen molar-refractivity contribution in [1.29, 1.82) is 0 Å². The van der Waals surface area contributed by atoms with E-state index in [1.54, 1.807) is 10.6 Å². The number of imidazole rings is 1. The van der Waals surface area contributed by atoms with Crippen LogP contribution in [0.4, 0.5) is 5.95 Å². The third kappa shape index (κ3) is 1.77. The van der Waals surface area contributed by atoms with Gasteiger partial charge in [-0.15, -0.1) is 0 Å². The second-order valence-corrected chi connectivity index (χ2v) is 4.22. The number of nitrogen functional groups attached to an aromatic ring is 1. The fraction of sp³-hybridized carbons (Fsp3) is 0.0833. The molecule has 2 N–H and O–H groups in total. The van der Waals surface area contributed by atoms with Crippen LogP contribution in [-0.4, -0.2) is 26.6 Å². The molecule has 0 bridgehead atoms. The Hall–Kier alpha value is -2.34. The van der Waals surface area contributed by atoms with E-state index in [9.17, 15) is 0 Å². The maximum Gasteiger partial charge on any atom is 0.245 e. The number of ether oxygens (including phenoxy) is 1. The molecular weight excluding hydrogens is 266 g/mol. The van der Waals surface area contributed by atoms with E-state index in [-0.39, 0.29) is 5.95 Å². The summed E-state index contributed by atoms with van der Waals surface area (Å²) in [5, 5.41) is 0.561. The smallest absolute Gasteiger partial charge is 0.245 e. The number of methoxy groups -OCH3 is 1. The minimum atomic E-state index is 0.280. The van der Waals surface area contributed by atoms with Gasteiger partial charge in [-0.25, -0.2) is 9.97 Å². The average Bonchev–Trinajstić information content (AvgIpc) is 2.75. The number of benzene rings is 1. The molecule has 0 atom stereocenters. The third-order valence-corrected chi connectivity index (χ3v) is 3.04. The van der Waals surface area contributed by atoms with Crippen molar-refractivity contribution in [3.63, 3.8) is 0 Å². The number of para-hydroxylation sites is 1. The average molecular weight is 276 g/mol. The van der Waals surface area contributed by atoms with Crippen molar-refractivity contribution >= 4 is 28.7 Å². The van der Waals surface area contributed by atoms with E-state index >= 15 is 0 Å². The highest BCUT2D eigenvalue weighted by molar-refractivity contribution is 6.32. The SMILES string of the molecule is COc1ncnc2c1nc(N)n2-c1ccccc1Cl. The van der Waals surface area contributed by atoms with E-state index in [2.05, 4.69) is 15.0 Å². The number of nitrogens with zero attached hydrogens (tertiary/aromatic N) is 4. The van der Waals surface area contributed by atoms with Crippen molar-refractivity contribution < 1.29 is 4.74 Å². The molecule has 6 nitrogen and oxygen atoms in total. The van der Waals surface area contributed by atoms with Gasteiger partial charge in [-0.2, -0.15) is 4.98 Å². The molecule has 19 heavy (non-hydrogen) atoms. The van der Waals surface area contributed by atoms with Gasteiger partial charge >= 0.3 is 0 Å². The van der Waals surface area contributed by atoms with Crippen LogP contribution in [0.15, 0.2) is 30.6 Å². The van der Waals surface area contributed by atoms with E-state index < -0.39 is 0 Å². The van der Waals surface area contributed by atoms with E-state index in [0.717, 1.165) is 0 Å². The Morgan fingerprint density at radius 2 is 2.05 bits per heavy atom. The summed E-state index contributed by atoms with van der Waals surface area (Å²) >= 11 is 6.18. The number of nitrogens with two attached hydrogens (primary N) is 1. The van der Waals surface area contributed by atoms with E-state index in [4.69, 9.17) is 22.1 Å². The lowest BCUT2D eigenvalue weighted by molar-refractivity contribution is 0.401. The Bertz CT molecular complexity index is 755. The zero-order valence-electron chi connectivity index (χ0n) is 10.0. The largest absolute Gasteiger partial charge is 0.479 e. The molecule has 7 heteroatoms. The van der Waals surface area contributed by atoms with Crippen LogP contribution in [-0.2, 0) is 0 Å². The third-order valence-electron chi connectivity index (χ3n) is 2.72. The molecule has 0 radical (unpaired) electrons. The Balaban J connectivity index is 2.36. The van der Waals surface area contributed by atoms with Gasteiger partial charge in [0, 0.05) is 0 Å². The normalized spacial score (nSPS) is 10.8. The van der Waals surface area contributed by atoms with Crippen molar-refractivity contribution in [3.05, 3.63) is 35.6 Å². The molecular formula is C12H10ClN5O. The van der Waals surface area contributed by atoms with Gasteiger partial charge in [0.05, 0.1) is 17.8 Å². The minimum Gasteiger partial charge on any atom is -0.479 e.